The van der Waals surface area contributed by atoms with Crippen molar-refractivity contribution in [3.8, 4) is 0 Å². The number of carbonyl (C=O) groups is 1. The molecule has 0 spiro atoms. The highest BCUT2D eigenvalue weighted by atomic mass is 32.2. The Kier molecular flexibility index (Phi) is 3.69. The molecule has 2 aliphatic rings. The maximum atomic E-state index is 12.4. The van der Waals surface area contributed by atoms with Crippen molar-refractivity contribution in [1.29, 1.82) is 0 Å². The highest BCUT2D eigenvalue weighted by Crippen LogP contribution is 2.29. The zero-order chi connectivity index (χ0) is 15.0. The quantitative estimate of drug-likeness (QED) is 0.912. The van der Waals surface area contributed by atoms with E-state index in [0.717, 1.165) is 24.4 Å². The fourth-order valence-corrected chi connectivity index (χ4v) is 4.33. The normalized spacial score (nSPS) is 24.0. The molecule has 2 fully saturated rings. The van der Waals surface area contributed by atoms with Gasteiger partial charge in [0.2, 0.25) is 0 Å². The summed E-state index contributed by atoms with van der Waals surface area (Å²) in [5.41, 5.74) is 0. The summed E-state index contributed by atoms with van der Waals surface area (Å²) in [6.07, 6.45) is 2.50. The summed E-state index contributed by atoms with van der Waals surface area (Å²) in [4.78, 5) is 14.1. The molecule has 1 saturated heterocycles. The molecule has 1 aliphatic heterocycles. The summed E-state index contributed by atoms with van der Waals surface area (Å²) in [6.45, 7) is 2.30. The molecular weight excluding hydrogens is 292 g/mol. The molecule has 3 rings (SSSR count). The molecule has 0 aromatic carbocycles. The van der Waals surface area contributed by atoms with Crippen molar-refractivity contribution >= 4 is 15.9 Å². The number of urea groups is 1. The third kappa shape index (κ3) is 3.58. The first kappa shape index (κ1) is 14.4. The number of sulfone groups is 1. The minimum absolute atomic E-state index is 0.0527. The van der Waals surface area contributed by atoms with Crippen molar-refractivity contribution in [3.05, 3.63) is 23.7 Å². The van der Waals surface area contributed by atoms with Gasteiger partial charge >= 0.3 is 6.03 Å². The van der Waals surface area contributed by atoms with E-state index in [-0.39, 0.29) is 29.6 Å². The van der Waals surface area contributed by atoms with Crippen molar-refractivity contribution in [2.45, 2.75) is 44.8 Å². The van der Waals surface area contributed by atoms with E-state index in [2.05, 4.69) is 5.32 Å². The minimum Gasteiger partial charge on any atom is -0.464 e. The first-order valence-electron chi connectivity index (χ1n) is 7.26. The first-order valence-corrected chi connectivity index (χ1v) is 9.08. The van der Waals surface area contributed by atoms with Crippen LogP contribution in [0.1, 0.15) is 30.8 Å². The third-order valence-corrected chi connectivity index (χ3v) is 5.70. The molecule has 116 valence electrons. The Labute approximate surface area is 124 Å². The van der Waals surface area contributed by atoms with Crippen LogP contribution in [0.25, 0.3) is 0 Å². The van der Waals surface area contributed by atoms with E-state index in [0.29, 0.717) is 13.0 Å². The Morgan fingerprint density at radius 1 is 1.38 bits per heavy atom. The predicted molar refractivity (Wildman–Crippen MR) is 77.6 cm³/mol. The van der Waals surface area contributed by atoms with Gasteiger partial charge in [0.25, 0.3) is 0 Å². The summed E-state index contributed by atoms with van der Waals surface area (Å²) in [5, 5.41) is 2.85. The second-order valence-electron chi connectivity index (χ2n) is 5.92. The second-order valence-corrected chi connectivity index (χ2v) is 8.15. The van der Waals surface area contributed by atoms with Crippen molar-refractivity contribution < 1.29 is 17.6 Å². The maximum Gasteiger partial charge on any atom is 0.318 e. The van der Waals surface area contributed by atoms with E-state index < -0.39 is 9.84 Å². The summed E-state index contributed by atoms with van der Waals surface area (Å²) in [7, 11) is -2.98. The lowest BCUT2D eigenvalue weighted by Gasteiger charge is -2.23. The molecule has 1 N–H and O–H groups in total. The van der Waals surface area contributed by atoms with Gasteiger partial charge in [-0.25, -0.2) is 13.2 Å². The molecule has 2 amide bonds. The number of hydrogen-bond donors (Lipinski definition) is 1. The van der Waals surface area contributed by atoms with Gasteiger partial charge in [0.1, 0.15) is 11.5 Å². The zero-order valence-electron chi connectivity index (χ0n) is 12.0. The number of aryl methyl sites for hydroxylation is 1. The number of amides is 2. The van der Waals surface area contributed by atoms with Crippen LogP contribution in [0, 0.1) is 6.92 Å². The number of carbonyl (C=O) groups excluding carboxylic acids is 1. The van der Waals surface area contributed by atoms with Crippen LogP contribution in [-0.2, 0) is 16.4 Å². The summed E-state index contributed by atoms with van der Waals surface area (Å²) in [5.74, 6) is 1.80. The van der Waals surface area contributed by atoms with Crippen molar-refractivity contribution in [1.82, 2.24) is 10.2 Å². The van der Waals surface area contributed by atoms with Gasteiger partial charge in [0.15, 0.2) is 9.84 Å². The van der Waals surface area contributed by atoms with Crippen LogP contribution >= 0.6 is 0 Å². The van der Waals surface area contributed by atoms with Crippen LogP contribution in [-0.4, -0.2) is 42.9 Å². The van der Waals surface area contributed by atoms with Crippen molar-refractivity contribution in [3.63, 3.8) is 0 Å². The lowest BCUT2D eigenvalue weighted by molar-refractivity contribution is 0.183. The van der Waals surface area contributed by atoms with Crippen molar-refractivity contribution in [2.75, 3.05) is 11.5 Å². The van der Waals surface area contributed by atoms with Gasteiger partial charge in [-0.2, -0.15) is 0 Å². The van der Waals surface area contributed by atoms with Crippen molar-refractivity contribution in [2.24, 2.45) is 0 Å². The molecular formula is C14H20N2O4S. The molecule has 7 heteroatoms. The Hall–Kier alpha value is -1.50. The Morgan fingerprint density at radius 2 is 2.14 bits per heavy atom. The molecule has 1 aromatic rings. The van der Waals surface area contributed by atoms with Gasteiger partial charge in [-0.3, -0.25) is 0 Å². The second kappa shape index (κ2) is 5.36. The van der Waals surface area contributed by atoms with E-state index >= 15 is 0 Å². The number of furan rings is 1. The van der Waals surface area contributed by atoms with Crippen LogP contribution in [0.2, 0.25) is 0 Å². The first-order chi connectivity index (χ1) is 9.93. The van der Waals surface area contributed by atoms with Gasteiger partial charge in [0, 0.05) is 12.1 Å². The fourth-order valence-electron chi connectivity index (χ4n) is 2.66. The minimum atomic E-state index is -2.98. The SMILES string of the molecule is Cc1ccc(CN(C(=O)N[C@@H]2CCS(=O)(=O)C2)C2CC2)o1. The molecule has 1 atom stereocenters. The van der Waals surface area contributed by atoms with E-state index in [1.165, 1.54) is 0 Å². The molecule has 2 heterocycles. The number of nitrogens with one attached hydrogen (secondary N) is 1. The van der Waals surface area contributed by atoms with E-state index in [1.807, 2.05) is 19.1 Å². The standard InChI is InChI=1S/C14H20N2O4S/c1-10-2-5-13(20-10)8-16(12-3-4-12)14(17)15-11-6-7-21(18,19)9-11/h2,5,11-12H,3-4,6-9H2,1H3,(H,15,17)/t11-/m1/s1. The fraction of sp³-hybridized carbons (Fsp3) is 0.643. The van der Waals surface area contributed by atoms with Gasteiger partial charge in [0.05, 0.1) is 18.1 Å². The zero-order valence-corrected chi connectivity index (χ0v) is 12.9. The largest absolute Gasteiger partial charge is 0.464 e. The Morgan fingerprint density at radius 3 is 2.67 bits per heavy atom. The predicted octanol–water partition coefficient (Wildman–Crippen LogP) is 1.45. The highest BCUT2D eigenvalue weighted by Gasteiger charge is 2.36. The summed E-state index contributed by atoms with van der Waals surface area (Å²) < 4.78 is 28.4. The van der Waals surface area contributed by atoms with Gasteiger partial charge < -0.3 is 14.6 Å². The van der Waals surface area contributed by atoms with E-state index in [9.17, 15) is 13.2 Å². The van der Waals surface area contributed by atoms with Gasteiger partial charge in [-0.15, -0.1) is 0 Å². The van der Waals surface area contributed by atoms with Gasteiger partial charge in [-0.05, 0) is 38.3 Å². The third-order valence-electron chi connectivity index (χ3n) is 3.93. The van der Waals surface area contributed by atoms with E-state index in [1.54, 1.807) is 4.90 Å². The highest BCUT2D eigenvalue weighted by molar-refractivity contribution is 7.91. The topological polar surface area (TPSA) is 79.6 Å². The van der Waals surface area contributed by atoms with Crippen LogP contribution in [0.15, 0.2) is 16.5 Å². The molecule has 0 bridgehead atoms. The van der Waals surface area contributed by atoms with E-state index in [4.69, 9.17) is 4.42 Å². The van der Waals surface area contributed by atoms with Crippen LogP contribution in [0.4, 0.5) is 4.79 Å². The number of nitrogens with zero attached hydrogens (tertiary/aromatic N) is 1. The molecule has 0 unspecified atom stereocenters. The molecule has 1 aromatic heterocycles. The number of hydrogen-bond acceptors (Lipinski definition) is 4. The Bertz CT molecular complexity index is 633. The summed E-state index contributed by atoms with van der Waals surface area (Å²) >= 11 is 0. The molecule has 6 nitrogen and oxygen atoms in total. The number of rotatable bonds is 4. The van der Waals surface area contributed by atoms with Gasteiger partial charge in [-0.1, -0.05) is 0 Å². The smallest absolute Gasteiger partial charge is 0.318 e. The average molecular weight is 312 g/mol. The molecule has 0 radical (unpaired) electrons. The average Bonchev–Trinajstić information content (AvgIpc) is 3.07. The van der Waals surface area contributed by atoms with Crippen LogP contribution in [0.3, 0.4) is 0 Å². The van der Waals surface area contributed by atoms with Crippen LogP contribution < -0.4 is 5.32 Å². The molecule has 1 aliphatic carbocycles. The molecule has 21 heavy (non-hydrogen) atoms. The lowest BCUT2D eigenvalue weighted by Crippen LogP contribution is -2.45. The maximum absolute atomic E-state index is 12.4. The summed E-state index contributed by atoms with van der Waals surface area (Å²) in [6, 6.07) is 3.55. The van der Waals surface area contributed by atoms with Crippen LogP contribution in [0.5, 0.6) is 0 Å². The monoisotopic (exact) mass is 312 g/mol. The lowest BCUT2D eigenvalue weighted by atomic mass is 10.3. The Balaban J connectivity index is 1.62. The molecule has 1 saturated carbocycles.